The molecule has 1 saturated carbocycles. The van der Waals surface area contributed by atoms with E-state index in [9.17, 15) is 0 Å². The monoisotopic (exact) mass is 292 g/mol. The molecule has 0 spiro atoms. The Bertz CT molecular complexity index is 214. The summed E-state index contributed by atoms with van der Waals surface area (Å²) in [6, 6.07) is 0. The summed E-state index contributed by atoms with van der Waals surface area (Å²) < 4.78 is 0. The van der Waals surface area contributed by atoms with E-state index in [-0.39, 0.29) is 0 Å². The highest BCUT2D eigenvalue weighted by Gasteiger charge is 2.30. The fourth-order valence-corrected chi connectivity index (χ4v) is 4.93. The first-order chi connectivity index (χ1) is 8.69. The van der Waals surface area contributed by atoms with Gasteiger partial charge >= 0.3 is 0 Å². The van der Waals surface area contributed by atoms with Crippen LogP contribution in [0.2, 0.25) is 0 Å². The van der Waals surface area contributed by atoms with E-state index in [1.54, 1.807) is 0 Å². The molecular formula is C14H28O2S2. The molecule has 0 aromatic heterocycles. The van der Waals surface area contributed by atoms with Gasteiger partial charge in [-0.05, 0) is 42.8 Å². The zero-order valence-electron chi connectivity index (χ0n) is 11.7. The minimum atomic E-state index is 0.300. The zero-order valence-corrected chi connectivity index (χ0v) is 13.3. The van der Waals surface area contributed by atoms with E-state index in [2.05, 4.69) is 13.8 Å². The third-order valence-electron chi connectivity index (χ3n) is 4.01. The van der Waals surface area contributed by atoms with Gasteiger partial charge in [0.15, 0.2) is 0 Å². The Balaban J connectivity index is 2.33. The maximum Gasteiger partial charge on any atom is 0.0521 e. The maximum absolute atomic E-state index is 8.95. The van der Waals surface area contributed by atoms with Crippen molar-refractivity contribution in [3.05, 3.63) is 0 Å². The topological polar surface area (TPSA) is 40.5 Å². The molecule has 108 valence electrons. The lowest BCUT2D eigenvalue weighted by atomic mass is 9.77. The van der Waals surface area contributed by atoms with Crippen LogP contribution in [0.3, 0.4) is 0 Å². The van der Waals surface area contributed by atoms with Gasteiger partial charge in [0.1, 0.15) is 0 Å². The van der Waals surface area contributed by atoms with Crippen LogP contribution in [0.15, 0.2) is 0 Å². The van der Waals surface area contributed by atoms with E-state index >= 15 is 0 Å². The van der Waals surface area contributed by atoms with E-state index < -0.39 is 0 Å². The second-order valence-corrected chi connectivity index (χ2v) is 7.96. The second kappa shape index (κ2) is 9.51. The van der Waals surface area contributed by atoms with Gasteiger partial charge in [0, 0.05) is 16.8 Å². The van der Waals surface area contributed by atoms with Crippen LogP contribution in [0.25, 0.3) is 0 Å². The zero-order chi connectivity index (χ0) is 13.4. The van der Waals surface area contributed by atoms with Gasteiger partial charge in [0.2, 0.25) is 0 Å². The number of aliphatic hydroxyl groups is 2. The van der Waals surface area contributed by atoms with Crippen molar-refractivity contribution < 1.29 is 10.2 Å². The minimum Gasteiger partial charge on any atom is -0.396 e. The van der Waals surface area contributed by atoms with Crippen molar-refractivity contribution in [1.82, 2.24) is 0 Å². The molecule has 0 aromatic carbocycles. The minimum absolute atomic E-state index is 0.300. The molecule has 0 radical (unpaired) electrons. The van der Waals surface area contributed by atoms with Crippen LogP contribution in [-0.4, -0.2) is 45.9 Å². The highest BCUT2D eigenvalue weighted by molar-refractivity contribution is 8.00. The van der Waals surface area contributed by atoms with Crippen molar-refractivity contribution in [1.29, 1.82) is 0 Å². The molecule has 0 heterocycles. The van der Waals surface area contributed by atoms with Crippen LogP contribution in [0, 0.1) is 17.8 Å². The molecule has 0 aromatic rings. The molecule has 0 saturated heterocycles. The molecule has 2 N–H and O–H groups in total. The third kappa shape index (κ3) is 5.72. The summed E-state index contributed by atoms with van der Waals surface area (Å²) >= 11 is 3.84. The molecule has 4 atom stereocenters. The molecule has 0 aliphatic heterocycles. The molecule has 1 rings (SSSR count). The first kappa shape index (κ1) is 16.7. The number of thioether (sulfide) groups is 2. The number of rotatable bonds is 8. The third-order valence-corrected chi connectivity index (χ3v) is 6.74. The Morgan fingerprint density at radius 3 is 2.56 bits per heavy atom. The Kier molecular flexibility index (Phi) is 8.81. The Morgan fingerprint density at radius 1 is 1.17 bits per heavy atom. The smallest absolute Gasteiger partial charge is 0.0521 e. The Hall–Kier alpha value is 0.620. The summed E-state index contributed by atoms with van der Waals surface area (Å²) in [5.41, 5.74) is 0. The molecule has 0 amide bonds. The standard InChI is InChI=1S/C14H28O2S2/c1-11-3-4-13(9-14(11)18-8-6-16)12(2)10-17-7-5-15/h11-16H,3-10H2,1-2H3. The fraction of sp³-hybridized carbons (Fsp3) is 1.00. The van der Waals surface area contributed by atoms with Crippen molar-refractivity contribution >= 4 is 23.5 Å². The van der Waals surface area contributed by atoms with Gasteiger partial charge in [0.25, 0.3) is 0 Å². The molecule has 1 aliphatic carbocycles. The van der Waals surface area contributed by atoms with Crippen molar-refractivity contribution in [3.63, 3.8) is 0 Å². The highest BCUT2D eigenvalue weighted by atomic mass is 32.2. The first-order valence-corrected chi connectivity index (χ1v) is 9.30. The van der Waals surface area contributed by atoms with Crippen LogP contribution in [0.1, 0.15) is 33.1 Å². The largest absolute Gasteiger partial charge is 0.396 e. The summed E-state index contributed by atoms with van der Waals surface area (Å²) in [7, 11) is 0. The molecule has 4 unspecified atom stereocenters. The Labute approximate surface area is 120 Å². The highest BCUT2D eigenvalue weighted by Crippen LogP contribution is 2.40. The lowest BCUT2D eigenvalue weighted by molar-refractivity contribution is 0.244. The van der Waals surface area contributed by atoms with Gasteiger partial charge in [-0.2, -0.15) is 23.5 Å². The van der Waals surface area contributed by atoms with Gasteiger partial charge in [-0.15, -0.1) is 0 Å². The van der Waals surface area contributed by atoms with E-state index in [1.165, 1.54) is 25.0 Å². The van der Waals surface area contributed by atoms with Crippen LogP contribution in [0.5, 0.6) is 0 Å². The van der Waals surface area contributed by atoms with Crippen LogP contribution < -0.4 is 0 Å². The van der Waals surface area contributed by atoms with Crippen molar-refractivity contribution in [3.8, 4) is 0 Å². The predicted octanol–water partition coefficient (Wildman–Crippen LogP) is 2.88. The second-order valence-electron chi connectivity index (χ2n) is 5.46. The number of aliphatic hydroxyl groups excluding tert-OH is 2. The van der Waals surface area contributed by atoms with Gasteiger partial charge < -0.3 is 10.2 Å². The van der Waals surface area contributed by atoms with Crippen molar-refractivity contribution in [2.24, 2.45) is 17.8 Å². The molecular weight excluding hydrogens is 264 g/mol. The van der Waals surface area contributed by atoms with Crippen molar-refractivity contribution in [2.45, 2.75) is 38.4 Å². The molecule has 0 bridgehead atoms. The Morgan fingerprint density at radius 2 is 1.89 bits per heavy atom. The van der Waals surface area contributed by atoms with Gasteiger partial charge in [-0.1, -0.05) is 13.8 Å². The predicted molar refractivity (Wildman–Crippen MR) is 83.4 cm³/mol. The van der Waals surface area contributed by atoms with Crippen LogP contribution in [0.4, 0.5) is 0 Å². The number of hydrogen-bond donors (Lipinski definition) is 2. The summed E-state index contributed by atoms with van der Waals surface area (Å²) in [5, 5.41) is 18.5. The average Bonchev–Trinajstić information content (AvgIpc) is 2.38. The van der Waals surface area contributed by atoms with Gasteiger partial charge in [-0.3, -0.25) is 0 Å². The molecule has 1 fully saturated rings. The lowest BCUT2D eigenvalue weighted by Crippen LogP contribution is -2.30. The van der Waals surface area contributed by atoms with E-state index in [1.807, 2.05) is 23.5 Å². The molecule has 18 heavy (non-hydrogen) atoms. The maximum atomic E-state index is 8.95. The van der Waals surface area contributed by atoms with Crippen LogP contribution >= 0.6 is 23.5 Å². The SMILES string of the molecule is CC(CSCCO)C1CCC(C)C(SCCO)C1. The van der Waals surface area contributed by atoms with Crippen LogP contribution in [-0.2, 0) is 0 Å². The number of hydrogen-bond acceptors (Lipinski definition) is 4. The summed E-state index contributed by atoms with van der Waals surface area (Å²) in [5.74, 6) is 5.33. The normalized spacial score (nSPS) is 30.3. The van der Waals surface area contributed by atoms with E-state index in [0.29, 0.717) is 13.2 Å². The average molecular weight is 293 g/mol. The van der Waals surface area contributed by atoms with E-state index in [0.717, 1.165) is 34.5 Å². The molecule has 1 aliphatic rings. The fourth-order valence-electron chi connectivity index (χ4n) is 2.73. The summed E-state index contributed by atoms with van der Waals surface area (Å²) in [6.07, 6.45) is 4.01. The van der Waals surface area contributed by atoms with Crippen molar-refractivity contribution in [2.75, 3.05) is 30.5 Å². The van der Waals surface area contributed by atoms with Gasteiger partial charge in [-0.25, -0.2) is 0 Å². The molecule has 2 nitrogen and oxygen atoms in total. The summed E-state index contributed by atoms with van der Waals surface area (Å²) in [6.45, 7) is 5.32. The van der Waals surface area contributed by atoms with E-state index in [4.69, 9.17) is 10.2 Å². The van der Waals surface area contributed by atoms with Gasteiger partial charge in [0.05, 0.1) is 13.2 Å². The summed E-state index contributed by atoms with van der Waals surface area (Å²) in [4.78, 5) is 0. The quantitative estimate of drug-likeness (QED) is 0.675. The lowest BCUT2D eigenvalue weighted by Gasteiger charge is -2.36. The molecule has 4 heteroatoms. The first-order valence-electron chi connectivity index (χ1n) is 7.10.